The summed E-state index contributed by atoms with van der Waals surface area (Å²) in [7, 11) is 0. The van der Waals surface area contributed by atoms with E-state index in [-0.39, 0.29) is 18.1 Å². The summed E-state index contributed by atoms with van der Waals surface area (Å²) in [6, 6.07) is 4.60. The van der Waals surface area contributed by atoms with Gasteiger partial charge in [-0.2, -0.15) is 0 Å². The maximum atomic E-state index is 13.1. The maximum absolute atomic E-state index is 13.1. The zero-order valence-electron chi connectivity index (χ0n) is 8.72. The van der Waals surface area contributed by atoms with Crippen molar-refractivity contribution < 1.29 is 9.18 Å². The highest BCUT2D eigenvalue weighted by Crippen LogP contribution is 2.12. The first-order valence-electron chi connectivity index (χ1n) is 4.85. The molecule has 0 atom stereocenters. The summed E-state index contributed by atoms with van der Waals surface area (Å²) in [6.45, 7) is 5.97. The van der Waals surface area contributed by atoms with E-state index in [1.165, 1.54) is 12.1 Å². The Morgan fingerprint density at radius 1 is 1.60 bits per heavy atom. The van der Waals surface area contributed by atoms with E-state index in [2.05, 4.69) is 11.9 Å². The van der Waals surface area contributed by atoms with E-state index in [0.29, 0.717) is 12.1 Å². The number of amides is 1. The fourth-order valence-electron chi connectivity index (χ4n) is 1.30. The van der Waals surface area contributed by atoms with Crippen molar-refractivity contribution in [3.05, 3.63) is 41.7 Å². The molecule has 0 saturated carbocycles. The van der Waals surface area contributed by atoms with E-state index >= 15 is 0 Å². The van der Waals surface area contributed by atoms with E-state index in [4.69, 9.17) is 0 Å². The second-order valence-electron chi connectivity index (χ2n) is 3.19. The van der Waals surface area contributed by atoms with Gasteiger partial charge in [0.2, 0.25) is 5.91 Å². The van der Waals surface area contributed by atoms with Gasteiger partial charge in [0.05, 0.1) is 6.42 Å². The Labute approximate surface area is 88.8 Å². The summed E-state index contributed by atoms with van der Waals surface area (Å²) in [6.07, 6.45) is 1.71. The van der Waals surface area contributed by atoms with Crippen LogP contribution in [0.4, 0.5) is 4.39 Å². The number of hydrogen-bond acceptors (Lipinski definition) is 1. The summed E-state index contributed by atoms with van der Waals surface area (Å²) in [5.41, 5.74) is 1.22. The van der Waals surface area contributed by atoms with E-state index < -0.39 is 0 Å². The number of nitrogens with one attached hydrogen (secondary N) is 1. The summed E-state index contributed by atoms with van der Waals surface area (Å²) >= 11 is 0. The molecular weight excluding hydrogens is 193 g/mol. The van der Waals surface area contributed by atoms with E-state index in [0.717, 1.165) is 5.56 Å². The third-order valence-corrected chi connectivity index (χ3v) is 2.02. The van der Waals surface area contributed by atoms with Gasteiger partial charge in [-0.1, -0.05) is 18.7 Å². The number of carbonyl (C=O) groups is 1. The van der Waals surface area contributed by atoms with Gasteiger partial charge in [-0.15, -0.1) is 0 Å². The number of likely N-dealkylation sites (N-methyl/N-ethyl adjacent to an activating group) is 1. The highest BCUT2D eigenvalue weighted by Gasteiger charge is 2.04. The first kappa shape index (κ1) is 11.4. The van der Waals surface area contributed by atoms with E-state index in [9.17, 15) is 9.18 Å². The fourth-order valence-corrected chi connectivity index (χ4v) is 1.30. The van der Waals surface area contributed by atoms with Crippen LogP contribution in [0.1, 0.15) is 18.1 Å². The zero-order valence-corrected chi connectivity index (χ0v) is 8.72. The lowest BCUT2D eigenvalue weighted by atomic mass is 10.1. The van der Waals surface area contributed by atoms with Crippen molar-refractivity contribution in [1.29, 1.82) is 0 Å². The average molecular weight is 207 g/mol. The molecule has 3 heteroatoms. The molecular formula is C12H14FNO. The Morgan fingerprint density at radius 3 is 2.93 bits per heavy atom. The summed E-state index contributed by atoms with van der Waals surface area (Å²) in [5.74, 6) is -0.372. The van der Waals surface area contributed by atoms with Crippen LogP contribution in [-0.2, 0) is 11.2 Å². The second-order valence-corrected chi connectivity index (χ2v) is 3.19. The van der Waals surface area contributed by atoms with Crippen molar-refractivity contribution in [1.82, 2.24) is 5.32 Å². The standard InChI is InChI=1S/C12H14FNO/c1-3-10-7-9(5-6-11(10)13)8-12(15)14-4-2/h3,5-7H,1,4,8H2,2H3,(H,14,15). The molecule has 0 aromatic heterocycles. The minimum atomic E-state index is -0.315. The molecule has 0 fully saturated rings. The van der Waals surface area contributed by atoms with Gasteiger partial charge in [0.25, 0.3) is 0 Å². The second kappa shape index (κ2) is 5.29. The van der Waals surface area contributed by atoms with Crippen LogP contribution in [0.2, 0.25) is 0 Å². The van der Waals surface area contributed by atoms with Gasteiger partial charge in [-0.05, 0) is 24.6 Å². The number of halogens is 1. The van der Waals surface area contributed by atoms with Crippen molar-refractivity contribution in [2.75, 3.05) is 6.54 Å². The number of benzene rings is 1. The lowest BCUT2D eigenvalue weighted by Crippen LogP contribution is -2.24. The van der Waals surface area contributed by atoms with Crippen LogP contribution >= 0.6 is 0 Å². The average Bonchev–Trinajstić information content (AvgIpc) is 2.21. The van der Waals surface area contributed by atoms with Crippen molar-refractivity contribution in [3.8, 4) is 0 Å². The molecule has 0 unspecified atom stereocenters. The Hall–Kier alpha value is -1.64. The molecule has 0 aliphatic rings. The fraction of sp³-hybridized carbons (Fsp3) is 0.250. The molecule has 0 bridgehead atoms. The van der Waals surface area contributed by atoms with Gasteiger partial charge in [0.1, 0.15) is 5.82 Å². The van der Waals surface area contributed by atoms with Crippen LogP contribution in [-0.4, -0.2) is 12.5 Å². The molecule has 1 N–H and O–H groups in total. The molecule has 1 aromatic rings. The van der Waals surface area contributed by atoms with Crippen LogP contribution < -0.4 is 5.32 Å². The molecule has 2 nitrogen and oxygen atoms in total. The minimum absolute atomic E-state index is 0.0564. The van der Waals surface area contributed by atoms with E-state index in [1.54, 1.807) is 12.1 Å². The lowest BCUT2D eigenvalue weighted by molar-refractivity contribution is -0.120. The molecule has 80 valence electrons. The van der Waals surface area contributed by atoms with Gasteiger partial charge in [-0.25, -0.2) is 4.39 Å². The number of carbonyl (C=O) groups excluding carboxylic acids is 1. The molecule has 0 saturated heterocycles. The number of hydrogen-bond donors (Lipinski definition) is 1. The summed E-state index contributed by atoms with van der Waals surface area (Å²) in [4.78, 5) is 11.3. The highest BCUT2D eigenvalue weighted by atomic mass is 19.1. The van der Waals surface area contributed by atoms with E-state index in [1.807, 2.05) is 6.92 Å². The summed E-state index contributed by atoms with van der Waals surface area (Å²) < 4.78 is 13.1. The maximum Gasteiger partial charge on any atom is 0.224 e. The van der Waals surface area contributed by atoms with Crippen molar-refractivity contribution in [3.63, 3.8) is 0 Å². The predicted molar refractivity (Wildman–Crippen MR) is 58.9 cm³/mol. The van der Waals surface area contributed by atoms with Crippen LogP contribution in [0.15, 0.2) is 24.8 Å². The molecule has 1 aromatic carbocycles. The van der Waals surface area contributed by atoms with Gasteiger partial charge >= 0.3 is 0 Å². The Kier molecular flexibility index (Phi) is 4.03. The molecule has 0 aliphatic carbocycles. The Bertz CT molecular complexity index is 374. The normalized spacial score (nSPS) is 9.73. The molecule has 0 spiro atoms. The molecule has 15 heavy (non-hydrogen) atoms. The predicted octanol–water partition coefficient (Wildman–Crippen LogP) is 2.15. The van der Waals surface area contributed by atoms with Crippen molar-refractivity contribution in [2.24, 2.45) is 0 Å². The van der Waals surface area contributed by atoms with Crippen molar-refractivity contribution in [2.45, 2.75) is 13.3 Å². The monoisotopic (exact) mass is 207 g/mol. The largest absolute Gasteiger partial charge is 0.356 e. The smallest absolute Gasteiger partial charge is 0.224 e. The molecule has 1 amide bonds. The topological polar surface area (TPSA) is 29.1 Å². The number of rotatable bonds is 4. The molecule has 0 heterocycles. The van der Waals surface area contributed by atoms with Gasteiger partial charge < -0.3 is 5.32 Å². The van der Waals surface area contributed by atoms with Gasteiger partial charge in [-0.3, -0.25) is 4.79 Å². The minimum Gasteiger partial charge on any atom is -0.356 e. The Morgan fingerprint density at radius 2 is 2.33 bits per heavy atom. The van der Waals surface area contributed by atoms with Crippen LogP contribution in [0.5, 0.6) is 0 Å². The van der Waals surface area contributed by atoms with Crippen LogP contribution in [0.3, 0.4) is 0 Å². The quantitative estimate of drug-likeness (QED) is 0.805. The zero-order chi connectivity index (χ0) is 11.3. The van der Waals surface area contributed by atoms with Crippen molar-refractivity contribution >= 4 is 12.0 Å². The van der Waals surface area contributed by atoms with Gasteiger partial charge in [0.15, 0.2) is 0 Å². The summed E-state index contributed by atoms with van der Waals surface area (Å²) in [5, 5.41) is 2.69. The van der Waals surface area contributed by atoms with Crippen LogP contribution in [0.25, 0.3) is 6.08 Å². The first-order valence-corrected chi connectivity index (χ1v) is 4.85. The SMILES string of the molecule is C=Cc1cc(CC(=O)NCC)ccc1F. The third kappa shape index (κ3) is 3.20. The molecule has 1 rings (SSSR count). The Balaban J connectivity index is 2.78. The van der Waals surface area contributed by atoms with Crippen LogP contribution in [0, 0.1) is 5.82 Å². The van der Waals surface area contributed by atoms with Gasteiger partial charge in [0, 0.05) is 12.1 Å². The highest BCUT2D eigenvalue weighted by molar-refractivity contribution is 5.78. The third-order valence-electron chi connectivity index (χ3n) is 2.02. The molecule has 0 radical (unpaired) electrons. The first-order chi connectivity index (χ1) is 7.17. The molecule has 0 aliphatic heterocycles. The lowest BCUT2D eigenvalue weighted by Gasteiger charge is -2.04.